The van der Waals surface area contributed by atoms with Crippen molar-refractivity contribution in [2.24, 2.45) is 5.92 Å². The zero-order chi connectivity index (χ0) is 25.9. The summed E-state index contributed by atoms with van der Waals surface area (Å²) >= 11 is 0. The van der Waals surface area contributed by atoms with Crippen LogP contribution in [0.1, 0.15) is 62.5 Å². The lowest BCUT2D eigenvalue weighted by Crippen LogP contribution is -2.16. The summed E-state index contributed by atoms with van der Waals surface area (Å²) < 4.78 is 78.2. The van der Waals surface area contributed by atoms with Crippen LogP contribution < -0.4 is 9.47 Å². The summed E-state index contributed by atoms with van der Waals surface area (Å²) in [5.74, 6) is -0.890. The molecule has 0 aliphatic heterocycles. The Balaban J connectivity index is 1.62. The molecule has 0 amide bonds. The van der Waals surface area contributed by atoms with Crippen molar-refractivity contribution in [2.75, 3.05) is 0 Å². The number of hydrogen-bond acceptors (Lipinski definition) is 2. The summed E-state index contributed by atoms with van der Waals surface area (Å²) in [6.07, 6.45) is 0.857. The Morgan fingerprint density at radius 2 is 1.58 bits per heavy atom. The number of hydrogen-bond donors (Lipinski definition) is 0. The maximum absolute atomic E-state index is 15.8. The largest absolute Gasteiger partial charge is 0.573 e. The highest BCUT2D eigenvalue weighted by Gasteiger charge is 2.31. The quantitative estimate of drug-likeness (QED) is 0.298. The molecule has 3 aromatic rings. The molecule has 0 radical (unpaired) electrons. The summed E-state index contributed by atoms with van der Waals surface area (Å²) in [4.78, 5) is 0. The third-order valence-corrected chi connectivity index (χ3v) is 6.84. The van der Waals surface area contributed by atoms with E-state index in [2.05, 4.69) is 11.7 Å². The molecule has 2 nitrogen and oxygen atoms in total. The second kappa shape index (κ2) is 10.9. The maximum atomic E-state index is 15.8. The number of rotatable bonds is 7. The van der Waals surface area contributed by atoms with E-state index in [4.69, 9.17) is 4.74 Å². The molecule has 0 bridgehead atoms. The topological polar surface area (TPSA) is 18.5 Å². The van der Waals surface area contributed by atoms with E-state index in [0.717, 1.165) is 38.5 Å². The standard InChI is InChI=1S/C29H29F5O2/c1-3-6-19-9-11-21(12-10-19)26-24(30)17-18(2)28(27(26)31)35-25-8-5-4-7-23(25)20-13-15-22(16-14-20)36-29(32,33)34/h4-5,7-8,13-17,19,21H,3,6,9-12H2,1-2H3. The number of alkyl halides is 3. The Kier molecular flexibility index (Phi) is 7.86. The Morgan fingerprint density at radius 1 is 0.917 bits per heavy atom. The van der Waals surface area contributed by atoms with Gasteiger partial charge >= 0.3 is 6.36 Å². The van der Waals surface area contributed by atoms with Crippen LogP contribution in [0.3, 0.4) is 0 Å². The molecule has 3 aromatic carbocycles. The van der Waals surface area contributed by atoms with Gasteiger partial charge in [0.05, 0.1) is 0 Å². The van der Waals surface area contributed by atoms with E-state index in [-0.39, 0.29) is 23.0 Å². The van der Waals surface area contributed by atoms with Crippen LogP contribution in [-0.4, -0.2) is 6.36 Å². The fourth-order valence-corrected chi connectivity index (χ4v) is 5.12. The monoisotopic (exact) mass is 504 g/mol. The zero-order valence-corrected chi connectivity index (χ0v) is 20.3. The van der Waals surface area contributed by atoms with Crippen molar-refractivity contribution in [3.05, 3.63) is 77.4 Å². The molecule has 0 unspecified atom stereocenters. The zero-order valence-electron chi connectivity index (χ0n) is 20.3. The second-order valence-corrected chi connectivity index (χ2v) is 9.41. The van der Waals surface area contributed by atoms with Crippen LogP contribution in [0.5, 0.6) is 17.2 Å². The van der Waals surface area contributed by atoms with E-state index in [1.807, 2.05) is 0 Å². The summed E-state index contributed by atoms with van der Waals surface area (Å²) in [6.45, 7) is 3.74. The highest BCUT2D eigenvalue weighted by atomic mass is 19.4. The van der Waals surface area contributed by atoms with Crippen molar-refractivity contribution < 1.29 is 31.4 Å². The summed E-state index contributed by atoms with van der Waals surface area (Å²) in [7, 11) is 0. The van der Waals surface area contributed by atoms with Crippen LogP contribution in [-0.2, 0) is 0 Å². The van der Waals surface area contributed by atoms with E-state index >= 15 is 4.39 Å². The fraction of sp³-hybridized carbons (Fsp3) is 0.379. The van der Waals surface area contributed by atoms with Crippen LogP contribution in [0.25, 0.3) is 11.1 Å². The lowest BCUT2D eigenvalue weighted by molar-refractivity contribution is -0.274. The smallest absolute Gasteiger partial charge is 0.453 e. The van der Waals surface area contributed by atoms with E-state index in [1.165, 1.54) is 30.3 Å². The summed E-state index contributed by atoms with van der Waals surface area (Å²) in [5.41, 5.74) is 1.53. The van der Waals surface area contributed by atoms with Crippen molar-refractivity contribution in [1.29, 1.82) is 0 Å². The first-order valence-corrected chi connectivity index (χ1v) is 12.3. The van der Waals surface area contributed by atoms with Crippen molar-refractivity contribution in [3.8, 4) is 28.4 Å². The number of para-hydroxylation sites is 1. The van der Waals surface area contributed by atoms with Crippen LogP contribution in [0, 0.1) is 24.5 Å². The molecule has 0 saturated heterocycles. The molecule has 0 aromatic heterocycles. The van der Waals surface area contributed by atoms with Crippen molar-refractivity contribution in [3.63, 3.8) is 0 Å². The van der Waals surface area contributed by atoms with Gasteiger partial charge in [-0.05, 0) is 79.8 Å². The molecule has 192 valence electrons. The van der Waals surface area contributed by atoms with Gasteiger partial charge in [-0.2, -0.15) is 0 Å². The van der Waals surface area contributed by atoms with E-state index in [9.17, 15) is 17.6 Å². The molecule has 0 N–H and O–H groups in total. The van der Waals surface area contributed by atoms with Crippen molar-refractivity contribution in [2.45, 2.75) is 64.7 Å². The van der Waals surface area contributed by atoms with E-state index in [0.29, 0.717) is 28.4 Å². The van der Waals surface area contributed by atoms with Gasteiger partial charge in [-0.25, -0.2) is 8.78 Å². The van der Waals surface area contributed by atoms with Gasteiger partial charge < -0.3 is 9.47 Å². The first-order valence-electron chi connectivity index (χ1n) is 12.3. The SMILES string of the molecule is CCCC1CCC(c2c(F)cc(C)c(Oc3ccccc3-c3ccc(OC(F)(F)F)cc3)c2F)CC1. The van der Waals surface area contributed by atoms with Crippen molar-refractivity contribution >= 4 is 0 Å². The minimum Gasteiger partial charge on any atom is -0.453 e. The molecular formula is C29H29F5O2. The number of aryl methyl sites for hydroxylation is 1. The Morgan fingerprint density at radius 3 is 2.22 bits per heavy atom. The lowest BCUT2D eigenvalue weighted by atomic mass is 9.77. The molecule has 1 aliphatic carbocycles. The van der Waals surface area contributed by atoms with Gasteiger partial charge in [-0.15, -0.1) is 13.2 Å². The molecule has 7 heteroatoms. The van der Waals surface area contributed by atoms with Gasteiger partial charge in [0.25, 0.3) is 0 Å². The predicted molar refractivity (Wildman–Crippen MR) is 129 cm³/mol. The fourth-order valence-electron chi connectivity index (χ4n) is 5.12. The minimum atomic E-state index is -4.78. The van der Waals surface area contributed by atoms with Crippen LogP contribution in [0.15, 0.2) is 54.6 Å². The first-order chi connectivity index (χ1) is 17.2. The van der Waals surface area contributed by atoms with Gasteiger partial charge in [-0.1, -0.05) is 50.1 Å². The third kappa shape index (κ3) is 6.00. The Hall–Kier alpha value is -3.09. The lowest BCUT2D eigenvalue weighted by Gasteiger charge is -2.29. The predicted octanol–water partition coefficient (Wildman–Crippen LogP) is 9.71. The molecule has 1 saturated carbocycles. The number of ether oxygens (including phenoxy) is 2. The molecule has 0 spiro atoms. The van der Waals surface area contributed by atoms with Crippen molar-refractivity contribution in [1.82, 2.24) is 0 Å². The number of halogens is 5. The van der Waals surface area contributed by atoms with Gasteiger partial charge in [-0.3, -0.25) is 0 Å². The molecule has 36 heavy (non-hydrogen) atoms. The molecule has 1 aliphatic rings. The number of benzene rings is 3. The normalized spacial score (nSPS) is 18.2. The van der Waals surface area contributed by atoms with Crippen LogP contribution in [0.4, 0.5) is 22.0 Å². The maximum Gasteiger partial charge on any atom is 0.573 e. The molecule has 0 heterocycles. The second-order valence-electron chi connectivity index (χ2n) is 9.41. The molecule has 1 fully saturated rings. The minimum absolute atomic E-state index is 0.0356. The van der Waals surface area contributed by atoms with Gasteiger partial charge in [0, 0.05) is 11.1 Å². The molecular weight excluding hydrogens is 475 g/mol. The van der Waals surface area contributed by atoms with E-state index < -0.39 is 18.0 Å². The highest BCUT2D eigenvalue weighted by Crippen LogP contribution is 2.44. The first kappa shape index (κ1) is 26.0. The van der Waals surface area contributed by atoms with Crippen LogP contribution >= 0.6 is 0 Å². The van der Waals surface area contributed by atoms with Gasteiger partial charge in [0.1, 0.15) is 17.3 Å². The van der Waals surface area contributed by atoms with Gasteiger partial charge in [0.2, 0.25) is 0 Å². The summed E-state index contributed by atoms with van der Waals surface area (Å²) in [5, 5.41) is 0. The highest BCUT2D eigenvalue weighted by molar-refractivity contribution is 5.71. The Labute approximate surface area is 208 Å². The van der Waals surface area contributed by atoms with Crippen LogP contribution in [0.2, 0.25) is 0 Å². The summed E-state index contributed by atoms with van der Waals surface area (Å²) in [6, 6.07) is 13.5. The molecule has 4 rings (SSSR count). The average molecular weight is 505 g/mol. The molecule has 0 atom stereocenters. The third-order valence-electron chi connectivity index (χ3n) is 6.84. The average Bonchev–Trinajstić information content (AvgIpc) is 2.83. The Bertz CT molecular complexity index is 1180. The van der Waals surface area contributed by atoms with Gasteiger partial charge in [0.15, 0.2) is 11.6 Å². The van der Waals surface area contributed by atoms with E-state index in [1.54, 1.807) is 31.2 Å².